The van der Waals surface area contributed by atoms with E-state index in [0.717, 1.165) is 25.9 Å². The van der Waals surface area contributed by atoms with Gasteiger partial charge in [-0.2, -0.15) is 0 Å². The number of hydrogen-bond donors (Lipinski definition) is 1. The van der Waals surface area contributed by atoms with Gasteiger partial charge in [0.25, 0.3) is 5.56 Å². The molecule has 1 N–H and O–H groups in total. The first-order chi connectivity index (χ1) is 13.2. The van der Waals surface area contributed by atoms with Crippen molar-refractivity contribution in [2.24, 2.45) is 0 Å². The molecule has 1 aliphatic rings. The van der Waals surface area contributed by atoms with Crippen molar-refractivity contribution in [3.8, 4) is 0 Å². The van der Waals surface area contributed by atoms with Crippen LogP contribution in [0.1, 0.15) is 19.3 Å². The summed E-state index contributed by atoms with van der Waals surface area (Å²) in [4.78, 5) is 29.7. The molecule has 2 heterocycles. The fraction of sp³-hybridized carbons (Fsp3) is 0.526. The molecule has 1 aromatic carbocycles. The molecule has 0 spiro atoms. The third-order valence-corrected chi connectivity index (χ3v) is 5.39. The maximum absolute atomic E-state index is 13.0. The zero-order valence-corrected chi connectivity index (χ0v) is 16.3. The molecule has 1 atom stereocenters. The molecule has 3 rings (SSSR count). The Morgan fingerprint density at radius 1 is 1.44 bits per heavy atom. The van der Waals surface area contributed by atoms with E-state index in [4.69, 9.17) is 9.47 Å². The van der Waals surface area contributed by atoms with Crippen LogP contribution in [-0.4, -0.2) is 54.2 Å². The van der Waals surface area contributed by atoms with Gasteiger partial charge < -0.3 is 14.8 Å². The number of ether oxygens (including phenoxy) is 2. The lowest BCUT2D eigenvalue weighted by Gasteiger charge is -2.16. The fourth-order valence-corrected chi connectivity index (χ4v) is 3.87. The minimum absolute atomic E-state index is 0.0212. The Morgan fingerprint density at radius 2 is 2.30 bits per heavy atom. The summed E-state index contributed by atoms with van der Waals surface area (Å²) in [7, 11) is 1.64. The number of aromatic nitrogens is 2. The molecule has 0 radical (unpaired) electrons. The summed E-state index contributed by atoms with van der Waals surface area (Å²) in [5.74, 6) is 0.130. The summed E-state index contributed by atoms with van der Waals surface area (Å²) < 4.78 is 12.3. The third-order valence-electron chi connectivity index (χ3n) is 4.42. The van der Waals surface area contributed by atoms with Crippen LogP contribution >= 0.6 is 11.8 Å². The Hall–Kier alpha value is -1.90. The van der Waals surface area contributed by atoms with Crippen LogP contribution in [-0.2, 0) is 20.8 Å². The van der Waals surface area contributed by atoms with Gasteiger partial charge in [0.15, 0.2) is 5.16 Å². The average Bonchev–Trinajstić information content (AvgIpc) is 3.19. The summed E-state index contributed by atoms with van der Waals surface area (Å²) in [6, 6.07) is 7.30. The van der Waals surface area contributed by atoms with Crippen molar-refractivity contribution in [3.63, 3.8) is 0 Å². The number of methoxy groups -OCH3 is 1. The summed E-state index contributed by atoms with van der Waals surface area (Å²) in [6.45, 7) is 2.38. The van der Waals surface area contributed by atoms with E-state index >= 15 is 0 Å². The molecule has 27 heavy (non-hydrogen) atoms. The largest absolute Gasteiger partial charge is 0.385 e. The van der Waals surface area contributed by atoms with Crippen LogP contribution in [0.5, 0.6) is 0 Å². The number of amides is 1. The van der Waals surface area contributed by atoms with Crippen molar-refractivity contribution in [1.82, 2.24) is 14.9 Å². The van der Waals surface area contributed by atoms with Gasteiger partial charge in [-0.1, -0.05) is 23.9 Å². The van der Waals surface area contributed by atoms with E-state index < -0.39 is 0 Å². The van der Waals surface area contributed by atoms with Crippen LogP contribution in [0.4, 0.5) is 0 Å². The van der Waals surface area contributed by atoms with Crippen LogP contribution in [0.2, 0.25) is 0 Å². The highest BCUT2D eigenvalue weighted by Gasteiger charge is 2.20. The predicted octanol–water partition coefficient (Wildman–Crippen LogP) is 1.82. The summed E-state index contributed by atoms with van der Waals surface area (Å²) >= 11 is 1.28. The normalized spacial score (nSPS) is 16.7. The smallest absolute Gasteiger partial charge is 0.262 e. The molecule has 0 unspecified atom stereocenters. The Kier molecular flexibility index (Phi) is 7.25. The molecule has 1 fully saturated rings. The highest BCUT2D eigenvalue weighted by Crippen LogP contribution is 2.20. The number of para-hydroxylation sites is 1. The molecule has 1 aliphatic heterocycles. The molecule has 1 saturated heterocycles. The molecule has 1 amide bonds. The Morgan fingerprint density at radius 3 is 3.07 bits per heavy atom. The number of fused-ring (bicyclic) bond motifs is 1. The maximum atomic E-state index is 13.0. The molecule has 0 saturated carbocycles. The Labute approximate surface area is 162 Å². The van der Waals surface area contributed by atoms with Crippen molar-refractivity contribution in [1.29, 1.82) is 0 Å². The minimum atomic E-state index is -0.0842. The van der Waals surface area contributed by atoms with Crippen molar-refractivity contribution in [2.45, 2.75) is 37.1 Å². The Balaban J connectivity index is 1.75. The maximum Gasteiger partial charge on any atom is 0.262 e. The van der Waals surface area contributed by atoms with E-state index in [1.807, 2.05) is 18.2 Å². The fourth-order valence-electron chi connectivity index (χ4n) is 3.04. The van der Waals surface area contributed by atoms with Crippen molar-refractivity contribution in [2.75, 3.05) is 32.6 Å². The molecule has 2 aromatic rings. The number of nitrogens with zero attached hydrogens (tertiary/aromatic N) is 2. The number of rotatable bonds is 9. The summed E-state index contributed by atoms with van der Waals surface area (Å²) in [6.07, 6.45) is 2.73. The average molecular weight is 391 g/mol. The molecule has 1 aromatic heterocycles. The monoisotopic (exact) mass is 391 g/mol. The number of hydrogen-bond acceptors (Lipinski definition) is 6. The Bertz CT molecular complexity index is 833. The standard InChI is InChI=1S/C19H25N3O4S/c1-25-10-5-9-20-17(23)13-27-19-21-16-8-3-2-7-15(16)18(24)22(19)12-14-6-4-11-26-14/h2-3,7-8,14H,4-6,9-13H2,1H3,(H,20,23)/t14-/m1/s1. The lowest BCUT2D eigenvalue weighted by atomic mass is 10.2. The van der Waals surface area contributed by atoms with E-state index in [-0.39, 0.29) is 23.3 Å². The first-order valence-corrected chi connectivity index (χ1v) is 10.2. The summed E-state index contributed by atoms with van der Waals surface area (Å²) in [5, 5.41) is 4.00. The second kappa shape index (κ2) is 9.87. The van der Waals surface area contributed by atoms with Gasteiger partial charge in [-0.25, -0.2) is 4.98 Å². The van der Waals surface area contributed by atoms with Crippen molar-refractivity contribution in [3.05, 3.63) is 34.6 Å². The van der Waals surface area contributed by atoms with Gasteiger partial charge in [0.05, 0.1) is 29.3 Å². The topological polar surface area (TPSA) is 82.5 Å². The SMILES string of the molecule is COCCCNC(=O)CSc1nc2ccccc2c(=O)n1C[C@H]1CCCO1. The summed E-state index contributed by atoms with van der Waals surface area (Å²) in [5.41, 5.74) is 0.563. The van der Waals surface area contributed by atoms with Gasteiger partial charge in [-0.3, -0.25) is 14.2 Å². The van der Waals surface area contributed by atoms with E-state index in [2.05, 4.69) is 10.3 Å². The lowest BCUT2D eigenvalue weighted by Crippen LogP contribution is -2.30. The minimum Gasteiger partial charge on any atom is -0.385 e. The third kappa shape index (κ3) is 5.31. The van der Waals surface area contributed by atoms with E-state index in [1.54, 1.807) is 17.7 Å². The number of carbonyl (C=O) groups excluding carboxylic acids is 1. The lowest BCUT2D eigenvalue weighted by molar-refractivity contribution is -0.118. The first kappa shape index (κ1) is 19.9. The predicted molar refractivity (Wildman–Crippen MR) is 105 cm³/mol. The van der Waals surface area contributed by atoms with Crippen LogP contribution < -0.4 is 10.9 Å². The van der Waals surface area contributed by atoms with Gasteiger partial charge in [-0.05, 0) is 31.4 Å². The quantitative estimate of drug-likeness (QED) is 0.399. The second-order valence-corrected chi connectivity index (χ2v) is 7.39. The number of benzene rings is 1. The van der Waals surface area contributed by atoms with Crippen LogP contribution in [0.15, 0.2) is 34.2 Å². The highest BCUT2D eigenvalue weighted by atomic mass is 32.2. The zero-order valence-electron chi connectivity index (χ0n) is 15.5. The van der Waals surface area contributed by atoms with Gasteiger partial charge in [0, 0.05) is 26.9 Å². The van der Waals surface area contributed by atoms with Crippen molar-refractivity contribution >= 4 is 28.6 Å². The molecule has 0 aliphatic carbocycles. The molecule has 7 nitrogen and oxygen atoms in total. The van der Waals surface area contributed by atoms with Gasteiger partial charge in [0.1, 0.15) is 0 Å². The molecule has 146 valence electrons. The van der Waals surface area contributed by atoms with Crippen molar-refractivity contribution < 1.29 is 14.3 Å². The number of carbonyl (C=O) groups is 1. The number of thioether (sulfide) groups is 1. The molecule has 0 bridgehead atoms. The van der Waals surface area contributed by atoms with E-state index in [9.17, 15) is 9.59 Å². The van der Waals surface area contributed by atoms with Crippen LogP contribution in [0.3, 0.4) is 0 Å². The van der Waals surface area contributed by atoms with Gasteiger partial charge >= 0.3 is 0 Å². The highest BCUT2D eigenvalue weighted by molar-refractivity contribution is 7.99. The van der Waals surface area contributed by atoms with Crippen LogP contribution in [0, 0.1) is 0 Å². The first-order valence-electron chi connectivity index (χ1n) is 9.18. The van der Waals surface area contributed by atoms with Gasteiger partial charge in [0.2, 0.25) is 5.91 Å². The van der Waals surface area contributed by atoms with E-state index in [0.29, 0.717) is 35.8 Å². The zero-order chi connectivity index (χ0) is 19.1. The van der Waals surface area contributed by atoms with Gasteiger partial charge in [-0.15, -0.1) is 0 Å². The second-order valence-electron chi connectivity index (χ2n) is 6.45. The van der Waals surface area contributed by atoms with E-state index in [1.165, 1.54) is 11.8 Å². The molecular weight excluding hydrogens is 366 g/mol. The molecular formula is C19H25N3O4S. The molecule has 8 heteroatoms. The van der Waals surface area contributed by atoms with Crippen LogP contribution in [0.25, 0.3) is 10.9 Å². The number of nitrogens with one attached hydrogen (secondary N) is 1.